The van der Waals surface area contributed by atoms with Crippen molar-refractivity contribution in [2.75, 3.05) is 30.0 Å². The maximum atomic E-state index is 12.6. The molecule has 8 nitrogen and oxygen atoms in total. The summed E-state index contributed by atoms with van der Waals surface area (Å²) in [4.78, 5) is 2.06. The van der Waals surface area contributed by atoms with Gasteiger partial charge in [0.25, 0.3) is 0 Å². The Morgan fingerprint density at radius 2 is 1.81 bits per heavy atom. The van der Waals surface area contributed by atoms with E-state index in [1.807, 2.05) is 24.3 Å². The van der Waals surface area contributed by atoms with Crippen LogP contribution in [0, 0.1) is 0 Å². The van der Waals surface area contributed by atoms with Crippen LogP contribution in [0.4, 0.5) is 5.69 Å². The highest BCUT2D eigenvalue weighted by molar-refractivity contribution is 7.93. The van der Waals surface area contributed by atoms with E-state index >= 15 is 0 Å². The lowest BCUT2D eigenvalue weighted by Gasteiger charge is -2.27. The van der Waals surface area contributed by atoms with Crippen molar-refractivity contribution in [3.63, 3.8) is 0 Å². The SMILES string of the molecule is COc1c(-c2ccc(C=NNS(C)(=O)=O)cc2)cc(N2CCCS2(=O)=O)cc1C(C)(C)C. The van der Waals surface area contributed by atoms with E-state index < -0.39 is 20.0 Å². The van der Waals surface area contributed by atoms with Gasteiger partial charge in [-0.05, 0) is 35.1 Å². The number of rotatable bonds is 6. The zero-order chi connectivity index (χ0) is 23.7. The van der Waals surface area contributed by atoms with Gasteiger partial charge in [-0.15, -0.1) is 0 Å². The van der Waals surface area contributed by atoms with Gasteiger partial charge >= 0.3 is 0 Å². The molecule has 0 atom stereocenters. The van der Waals surface area contributed by atoms with Gasteiger partial charge in [0.05, 0.1) is 31.0 Å². The van der Waals surface area contributed by atoms with Crippen molar-refractivity contribution < 1.29 is 21.6 Å². The molecule has 32 heavy (non-hydrogen) atoms. The van der Waals surface area contributed by atoms with Crippen molar-refractivity contribution in [2.24, 2.45) is 5.10 Å². The van der Waals surface area contributed by atoms with Crippen LogP contribution in [-0.2, 0) is 25.5 Å². The number of hydrazone groups is 1. The van der Waals surface area contributed by atoms with Crippen LogP contribution < -0.4 is 13.9 Å². The second kappa shape index (κ2) is 8.74. The molecule has 1 N–H and O–H groups in total. The van der Waals surface area contributed by atoms with E-state index in [9.17, 15) is 16.8 Å². The quantitative estimate of drug-likeness (QED) is 0.506. The molecule has 0 bridgehead atoms. The first kappa shape index (κ1) is 24.1. The van der Waals surface area contributed by atoms with Crippen LogP contribution in [0.15, 0.2) is 41.5 Å². The van der Waals surface area contributed by atoms with Crippen LogP contribution in [-0.4, -0.2) is 48.7 Å². The zero-order valence-electron chi connectivity index (χ0n) is 18.9. The lowest BCUT2D eigenvalue weighted by molar-refractivity contribution is 0.399. The Balaban J connectivity index is 2.09. The minimum atomic E-state index is -3.41. The normalized spacial score (nSPS) is 16.5. The highest BCUT2D eigenvalue weighted by atomic mass is 32.2. The first-order chi connectivity index (χ1) is 14.8. The highest BCUT2D eigenvalue weighted by Crippen LogP contribution is 2.43. The molecule has 0 aliphatic carbocycles. The Labute approximate surface area is 190 Å². The molecule has 0 spiro atoms. The van der Waals surface area contributed by atoms with Crippen molar-refractivity contribution >= 4 is 31.9 Å². The molecule has 1 saturated heterocycles. The zero-order valence-corrected chi connectivity index (χ0v) is 20.5. The highest BCUT2D eigenvalue weighted by Gasteiger charge is 2.31. The summed E-state index contributed by atoms with van der Waals surface area (Å²) < 4.78 is 54.7. The number of anilines is 1. The van der Waals surface area contributed by atoms with Crippen LogP contribution in [0.25, 0.3) is 11.1 Å². The molecule has 1 fully saturated rings. The fourth-order valence-corrected chi connectivity index (χ4v) is 5.42. The average molecular weight is 480 g/mol. The maximum absolute atomic E-state index is 12.6. The molecule has 1 aliphatic heterocycles. The fourth-order valence-electron chi connectivity index (χ4n) is 3.62. The largest absolute Gasteiger partial charge is 0.496 e. The molecule has 1 heterocycles. The van der Waals surface area contributed by atoms with E-state index in [0.29, 0.717) is 30.0 Å². The van der Waals surface area contributed by atoms with Crippen LogP contribution in [0.3, 0.4) is 0 Å². The minimum Gasteiger partial charge on any atom is -0.496 e. The maximum Gasteiger partial charge on any atom is 0.244 e. The summed E-state index contributed by atoms with van der Waals surface area (Å²) in [6.07, 6.45) is 3.04. The predicted molar refractivity (Wildman–Crippen MR) is 128 cm³/mol. The number of nitrogens with zero attached hydrogens (tertiary/aromatic N) is 2. The molecule has 0 radical (unpaired) electrons. The van der Waals surface area contributed by atoms with Crippen molar-refractivity contribution in [1.29, 1.82) is 0 Å². The van der Waals surface area contributed by atoms with E-state index in [-0.39, 0.29) is 11.2 Å². The Kier molecular flexibility index (Phi) is 6.57. The Morgan fingerprint density at radius 1 is 1.16 bits per heavy atom. The molecular weight excluding hydrogens is 450 g/mol. The lowest BCUT2D eigenvalue weighted by atomic mass is 9.83. The third kappa shape index (κ3) is 5.42. The second-order valence-electron chi connectivity index (χ2n) is 8.81. The first-order valence-electron chi connectivity index (χ1n) is 10.1. The monoisotopic (exact) mass is 479 g/mol. The lowest BCUT2D eigenvalue weighted by Crippen LogP contribution is -2.26. The number of sulfonamides is 2. The second-order valence-corrected chi connectivity index (χ2v) is 12.5. The Morgan fingerprint density at radius 3 is 2.31 bits per heavy atom. The van der Waals surface area contributed by atoms with Gasteiger partial charge < -0.3 is 4.74 Å². The van der Waals surface area contributed by atoms with Crippen molar-refractivity contribution in [2.45, 2.75) is 32.6 Å². The molecule has 10 heteroatoms. The third-order valence-electron chi connectivity index (χ3n) is 5.13. The van der Waals surface area contributed by atoms with E-state index in [0.717, 1.165) is 22.9 Å². The molecule has 0 amide bonds. The standard InChI is InChI=1S/C22H29N3O5S2/c1-22(2,3)20-14-18(25-11-6-12-32(25,28)29)13-19(21(20)30-4)17-9-7-16(8-10-17)15-23-24-31(5,26)27/h7-10,13-15,24H,6,11-12H2,1-5H3. The van der Waals surface area contributed by atoms with Gasteiger partial charge in [-0.1, -0.05) is 45.0 Å². The molecule has 2 aromatic rings. The van der Waals surface area contributed by atoms with Crippen molar-refractivity contribution in [1.82, 2.24) is 4.83 Å². The molecule has 0 saturated carbocycles. The molecular formula is C22H29N3O5S2. The predicted octanol–water partition coefficient (Wildman–Crippen LogP) is 3.08. The first-order valence-corrected chi connectivity index (χ1v) is 13.6. The van der Waals surface area contributed by atoms with Crippen LogP contribution in [0.5, 0.6) is 5.75 Å². The summed E-state index contributed by atoms with van der Waals surface area (Å²) in [5.74, 6) is 0.840. The summed E-state index contributed by atoms with van der Waals surface area (Å²) in [6, 6.07) is 11.1. The Hall–Kier alpha value is -2.59. The van der Waals surface area contributed by atoms with Gasteiger partial charge in [-0.2, -0.15) is 5.10 Å². The van der Waals surface area contributed by atoms with Crippen molar-refractivity contribution in [3.05, 3.63) is 47.5 Å². The average Bonchev–Trinajstić information content (AvgIpc) is 3.05. The van der Waals surface area contributed by atoms with E-state index in [1.165, 1.54) is 10.5 Å². The van der Waals surface area contributed by atoms with Crippen LogP contribution in [0.1, 0.15) is 38.3 Å². The number of nitrogens with one attached hydrogen (secondary N) is 1. The summed E-state index contributed by atoms with van der Waals surface area (Å²) in [5, 5.41) is 3.72. The van der Waals surface area contributed by atoms with Gasteiger partial charge in [-0.25, -0.2) is 21.7 Å². The molecule has 3 rings (SSSR count). The van der Waals surface area contributed by atoms with E-state index in [4.69, 9.17) is 4.74 Å². The van der Waals surface area contributed by atoms with E-state index in [1.54, 1.807) is 19.2 Å². The van der Waals surface area contributed by atoms with Crippen LogP contribution in [0.2, 0.25) is 0 Å². The molecule has 1 aliphatic rings. The number of hydrogen-bond donors (Lipinski definition) is 1. The number of hydrogen-bond acceptors (Lipinski definition) is 6. The summed E-state index contributed by atoms with van der Waals surface area (Å²) in [6.45, 7) is 6.64. The van der Waals surface area contributed by atoms with Gasteiger partial charge in [0.1, 0.15) is 5.75 Å². The summed E-state index contributed by atoms with van der Waals surface area (Å²) in [7, 11) is -5.14. The number of ether oxygens (including phenoxy) is 1. The Bertz CT molecular complexity index is 1230. The number of methoxy groups -OCH3 is 1. The fraction of sp³-hybridized carbons (Fsp3) is 0.409. The summed E-state index contributed by atoms with van der Waals surface area (Å²) in [5.41, 5.74) is 3.61. The molecule has 2 aromatic carbocycles. The molecule has 0 aromatic heterocycles. The minimum absolute atomic E-state index is 0.148. The van der Waals surface area contributed by atoms with Gasteiger partial charge in [0, 0.05) is 17.7 Å². The molecule has 174 valence electrons. The van der Waals surface area contributed by atoms with Crippen molar-refractivity contribution in [3.8, 4) is 16.9 Å². The van der Waals surface area contributed by atoms with Gasteiger partial charge in [0.2, 0.25) is 20.0 Å². The van der Waals surface area contributed by atoms with Gasteiger partial charge in [-0.3, -0.25) is 4.31 Å². The summed E-state index contributed by atoms with van der Waals surface area (Å²) >= 11 is 0. The van der Waals surface area contributed by atoms with Crippen LogP contribution >= 0.6 is 0 Å². The molecule has 0 unspecified atom stereocenters. The third-order valence-corrected chi connectivity index (χ3v) is 7.43. The van der Waals surface area contributed by atoms with E-state index in [2.05, 4.69) is 30.7 Å². The van der Waals surface area contributed by atoms with Gasteiger partial charge in [0.15, 0.2) is 0 Å². The topological polar surface area (TPSA) is 105 Å². The smallest absolute Gasteiger partial charge is 0.244 e. The number of benzene rings is 2.